The maximum atomic E-state index is 14.6. The van der Waals surface area contributed by atoms with Gasteiger partial charge in [0.2, 0.25) is 0 Å². The molecule has 1 atom stereocenters. The maximum Gasteiger partial charge on any atom is 0.335 e. The summed E-state index contributed by atoms with van der Waals surface area (Å²) in [6, 6.07) is 8.33. The molecule has 2 aromatic rings. The first-order valence-electron chi connectivity index (χ1n) is 10.2. The van der Waals surface area contributed by atoms with Crippen LogP contribution in [0.3, 0.4) is 0 Å². The molecule has 2 aliphatic rings. The first kappa shape index (κ1) is 21.2. The zero-order valence-corrected chi connectivity index (χ0v) is 18.5. The van der Waals surface area contributed by atoms with Crippen LogP contribution in [0.15, 0.2) is 40.1 Å². The van der Waals surface area contributed by atoms with Crippen molar-refractivity contribution in [2.24, 2.45) is 0 Å². The van der Waals surface area contributed by atoms with E-state index in [1.165, 1.54) is 30.7 Å². The van der Waals surface area contributed by atoms with Crippen LogP contribution in [0.4, 0.5) is 15.8 Å². The molecule has 4 rings (SSSR count). The summed E-state index contributed by atoms with van der Waals surface area (Å²) in [7, 11) is -1.44. The Labute approximate surface area is 182 Å². The number of carbonyl (C=O) groups is 1. The third-order valence-electron chi connectivity index (χ3n) is 5.61. The second-order valence-electron chi connectivity index (χ2n) is 7.84. The van der Waals surface area contributed by atoms with Gasteiger partial charge in [-0.25, -0.2) is 9.18 Å². The molecule has 0 aromatic heterocycles. The smallest absolute Gasteiger partial charge is 0.335 e. The van der Waals surface area contributed by atoms with Crippen LogP contribution in [0, 0.1) is 5.82 Å². The van der Waals surface area contributed by atoms with Crippen molar-refractivity contribution in [1.29, 1.82) is 0 Å². The normalized spacial score (nSPS) is 17.6. The maximum absolute atomic E-state index is 14.6. The quantitative estimate of drug-likeness (QED) is 0.564. The lowest BCUT2D eigenvalue weighted by Gasteiger charge is -2.31. The molecule has 0 spiro atoms. The second-order valence-corrected chi connectivity index (χ2v) is 10.0. The van der Waals surface area contributed by atoms with Crippen molar-refractivity contribution in [2.75, 3.05) is 29.0 Å². The van der Waals surface area contributed by atoms with E-state index in [-0.39, 0.29) is 10.5 Å². The minimum absolute atomic E-state index is 0.167. The molecule has 1 aliphatic carbocycles. The zero-order chi connectivity index (χ0) is 21.3. The minimum Gasteiger partial charge on any atom is -0.478 e. The lowest BCUT2D eigenvalue weighted by molar-refractivity contribution is 0.0696. The van der Waals surface area contributed by atoms with Crippen LogP contribution in [0.25, 0.3) is 0 Å². The van der Waals surface area contributed by atoms with Crippen LogP contribution in [0.5, 0.6) is 0 Å². The van der Waals surface area contributed by atoms with Gasteiger partial charge in [-0.1, -0.05) is 6.07 Å². The fourth-order valence-corrected chi connectivity index (χ4v) is 5.38. The van der Waals surface area contributed by atoms with Crippen LogP contribution < -0.4 is 9.62 Å². The fraction of sp³-hybridized carbons (Fsp3) is 0.409. The van der Waals surface area contributed by atoms with Crippen LogP contribution in [-0.4, -0.2) is 34.6 Å². The molecule has 2 N–H and O–H groups in total. The molecule has 1 aliphatic heterocycles. The van der Waals surface area contributed by atoms with E-state index in [9.17, 15) is 18.5 Å². The van der Waals surface area contributed by atoms with E-state index in [0.29, 0.717) is 11.6 Å². The molecule has 1 heterocycles. The average molecular weight is 449 g/mol. The first-order chi connectivity index (χ1) is 14.4. The summed E-state index contributed by atoms with van der Waals surface area (Å²) in [6.45, 7) is 1.71. The molecule has 0 bridgehead atoms. The van der Waals surface area contributed by atoms with Gasteiger partial charge in [-0.05, 0) is 73.7 Å². The molecule has 0 radical (unpaired) electrons. The minimum atomic E-state index is -1.44. The van der Waals surface area contributed by atoms with Crippen molar-refractivity contribution in [3.05, 3.63) is 47.3 Å². The molecule has 1 saturated carbocycles. The second kappa shape index (κ2) is 8.98. The Bertz CT molecular complexity index is 989. The Hall–Kier alpha value is -2.06. The summed E-state index contributed by atoms with van der Waals surface area (Å²) in [5.41, 5.74) is 2.85. The van der Waals surface area contributed by atoms with Crippen molar-refractivity contribution in [3.63, 3.8) is 0 Å². The summed E-state index contributed by atoms with van der Waals surface area (Å²) in [5.74, 6) is -0.956. The van der Waals surface area contributed by atoms with Gasteiger partial charge in [0.1, 0.15) is 5.82 Å². The van der Waals surface area contributed by atoms with Crippen molar-refractivity contribution in [2.45, 2.75) is 47.8 Å². The number of halogens is 1. The first-order valence-corrected chi connectivity index (χ1v) is 12.5. The SMILES string of the molecule is CS(=O)c1cc(NSc2cc(C(=O)O)ccc2C2CC2)c(N2CCCCC2)cc1F. The van der Waals surface area contributed by atoms with E-state index in [1.54, 1.807) is 18.2 Å². The molecule has 1 saturated heterocycles. The molecule has 8 heteroatoms. The number of aromatic carboxylic acids is 1. The molecule has 160 valence electrons. The number of nitrogens with one attached hydrogen (secondary N) is 1. The predicted molar refractivity (Wildman–Crippen MR) is 120 cm³/mol. The number of rotatable bonds is 7. The number of hydrogen-bond acceptors (Lipinski definition) is 5. The van der Waals surface area contributed by atoms with Crippen LogP contribution in [-0.2, 0) is 10.8 Å². The monoisotopic (exact) mass is 448 g/mol. The number of carboxylic acid groups (broad SMARTS) is 1. The lowest BCUT2D eigenvalue weighted by Crippen LogP contribution is -2.30. The van der Waals surface area contributed by atoms with E-state index in [4.69, 9.17) is 0 Å². The Morgan fingerprint density at radius 1 is 1.20 bits per heavy atom. The van der Waals surface area contributed by atoms with Crippen molar-refractivity contribution >= 4 is 40.1 Å². The van der Waals surface area contributed by atoms with E-state index in [1.807, 2.05) is 6.07 Å². The van der Waals surface area contributed by atoms with Gasteiger partial charge in [-0.3, -0.25) is 4.21 Å². The molecule has 2 aromatic carbocycles. The van der Waals surface area contributed by atoms with Gasteiger partial charge < -0.3 is 14.7 Å². The number of carboxylic acids is 1. The van der Waals surface area contributed by atoms with E-state index >= 15 is 0 Å². The Morgan fingerprint density at radius 2 is 1.93 bits per heavy atom. The number of hydrogen-bond donors (Lipinski definition) is 2. The number of nitrogens with zero attached hydrogens (tertiary/aromatic N) is 1. The number of piperidine rings is 1. The Morgan fingerprint density at radius 3 is 2.57 bits per heavy atom. The molecular weight excluding hydrogens is 423 g/mol. The molecular formula is C22H25FN2O3S2. The highest BCUT2D eigenvalue weighted by molar-refractivity contribution is 8.00. The van der Waals surface area contributed by atoms with Crippen LogP contribution >= 0.6 is 11.9 Å². The zero-order valence-electron chi connectivity index (χ0n) is 16.8. The molecule has 0 amide bonds. The highest BCUT2D eigenvalue weighted by Gasteiger charge is 2.27. The van der Waals surface area contributed by atoms with Gasteiger partial charge in [-0.15, -0.1) is 0 Å². The summed E-state index contributed by atoms with van der Waals surface area (Å²) >= 11 is 1.34. The van der Waals surface area contributed by atoms with Crippen molar-refractivity contribution < 1.29 is 18.5 Å². The van der Waals surface area contributed by atoms with Crippen molar-refractivity contribution in [3.8, 4) is 0 Å². The molecule has 1 unspecified atom stereocenters. The topological polar surface area (TPSA) is 69.6 Å². The van der Waals surface area contributed by atoms with Gasteiger partial charge in [0.25, 0.3) is 0 Å². The van der Waals surface area contributed by atoms with E-state index in [2.05, 4.69) is 9.62 Å². The van der Waals surface area contributed by atoms with Gasteiger partial charge >= 0.3 is 5.97 Å². The van der Waals surface area contributed by atoms with Gasteiger partial charge in [0.15, 0.2) is 0 Å². The van der Waals surface area contributed by atoms with Gasteiger partial charge in [0, 0.05) is 30.3 Å². The third-order valence-corrected chi connectivity index (χ3v) is 7.43. The highest BCUT2D eigenvalue weighted by atomic mass is 32.2. The predicted octanol–water partition coefficient (Wildman–Crippen LogP) is 5.25. The highest BCUT2D eigenvalue weighted by Crippen LogP contribution is 2.45. The van der Waals surface area contributed by atoms with Crippen molar-refractivity contribution in [1.82, 2.24) is 0 Å². The fourth-order valence-electron chi connectivity index (χ4n) is 3.84. The largest absolute Gasteiger partial charge is 0.478 e. The van der Waals surface area contributed by atoms with E-state index < -0.39 is 22.6 Å². The lowest BCUT2D eigenvalue weighted by atomic mass is 10.1. The Balaban J connectivity index is 1.66. The van der Waals surface area contributed by atoms with Crippen LogP contribution in [0.1, 0.15) is 53.9 Å². The molecule has 2 fully saturated rings. The summed E-state index contributed by atoms with van der Waals surface area (Å²) < 4.78 is 29.9. The van der Waals surface area contributed by atoms with Crippen LogP contribution in [0.2, 0.25) is 0 Å². The molecule has 5 nitrogen and oxygen atoms in total. The number of benzene rings is 2. The summed E-state index contributed by atoms with van der Waals surface area (Å²) in [5, 5.41) is 9.37. The van der Waals surface area contributed by atoms with Gasteiger partial charge in [-0.2, -0.15) is 0 Å². The van der Waals surface area contributed by atoms with Gasteiger partial charge in [0.05, 0.1) is 32.6 Å². The van der Waals surface area contributed by atoms with E-state index in [0.717, 1.165) is 54.9 Å². The summed E-state index contributed by atoms with van der Waals surface area (Å²) in [6.07, 6.45) is 6.96. The third kappa shape index (κ3) is 4.64. The molecule has 30 heavy (non-hydrogen) atoms. The average Bonchev–Trinajstić information content (AvgIpc) is 3.58. The number of anilines is 2. The Kier molecular flexibility index (Phi) is 6.34. The standard InChI is InChI=1S/C22H25FN2O3S2/c1-30(28)21-13-18(19(12-17(21)23)25-9-3-2-4-10-25)24-29-20-11-15(22(26)27)7-8-16(20)14-5-6-14/h7-8,11-14,24H,2-6,9-10H2,1H3,(H,26,27). The summed E-state index contributed by atoms with van der Waals surface area (Å²) in [4.78, 5) is 14.6.